The lowest BCUT2D eigenvalue weighted by Gasteiger charge is -2.42. The molecule has 0 amide bonds. The first-order valence-corrected chi connectivity index (χ1v) is 7.95. The molecule has 2 rings (SSSR count). The van der Waals surface area contributed by atoms with Crippen molar-refractivity contribution in [1.29, 1.82) is 0 Å². The Bertz CT molecular complexity index is 615. The van der Waals surface area contributed by atoms with Crippen molar-refractivity contribution < 1.29 is 43.5 Å². The number of rotatable bonds is 6. The Morgan fingerprint density at radius 2 is 1.58 bits per heavy atom. The van der Waals surface area contributed by atoms with Gasteiger partial charge in [0, 0.05) is 13.8 Å². The first-order valence-electron chi connectivity index (χ1n) is 7.95. The van der Waals surface area contributed by atoms with Crippen molar-refractivity contribution in [2.45, 2.75) is 44.6 Å². The van der Waals surface area contributed by atoms with Crippen LogP contribution in [-0.2, 0) is 23.8 Å². The summed E-state index contributed by atoms with van der Waals surface area (Å²) in [5.41, 5.74) is 0. The molecule has 0 aliphatic carbocycles. The summed E-state index contributed by atoms with van der Waals surface area (Å²) < 4.78 is 26.5. The van der Waals surface area contributed by atoms with E-state index in [1.54, 1.807) is 24.3 Å². The standard InChI is InChI=1S/C17H22O9/c1-9(19)23-15-14(21)13(8-18)26-17(16(15)24-10(2)20)25-12-6-4-11(22-3)5-7-12/h4-7,13-18,21H,8H2,1-3H3/t13-,14-,15+,16-,17-/m1/s1. The molecule has 1 aromatic rings. The van der Waals surface area contributed by atoms with Gasteiger partial charge in [0.25, 0.3) is 0 Å². The van der Waals surface area contributed by atoms with E-state index >= 15 is 0 Å². The van der Waals surface area contributed by atoms with E-state index in [-0.39, 0.29) is 0 Å². The van der Waals surface area contributed by atoms with E-state index in [0.29, 0.717) is 11.5 Å². The molecule has 144 valence electrons. The SMILES string of the molecule is COc1ccc(O[C@@H]2O[C@H](CO)[C@@H](O)[C@H](OC(C)=O)[C@H]2OC(C)=O)cc1. The number of hydrogen-bond acceptors (Lipinski definition) is 9. The second-order valence-electron chi connectivity index (χ2n) is 5.66. The molecule has 1 aliphatic heterocycles. The van der Waals surface area contributed by atoms with Gasteiger partial charge in [-0.25, -0.2) is 0 Å². The predicted octanol–water partition coefficient (Wildman–Crippen LogP) is 0.0155. The molecule has 1 aromatic carbocycles. The molecule has 0 aromatic heterocycles. The Morgan fingerprint density at radius 3 is 2.08 bits per heavy atom. The minimum absolute atomic E-state index is 0.364. The maximum atomic E-state index is 11.5. The van der Waals surface area contributed by atoms with Crippen LogP contribution < -0.4 is 9.47 Å². The number of hydrogen-bond donors (Lipinski definition) is 2. The highest BCUT2D eigenvalue weighted by molar-refractivity contribution is 5.67. The minimum atomic E-state index is -1.40. The first-order chi connectivity index (χ1) is 12.3. The van der Waals surface area contributed by atoms with E-state index in [2.05, 4.69) is 0 Å². The topological polar surface area (TPSA) is 121 Å². The molecule has 0 spiro atoms. The maximum absolute atomic E-state index is 11.5. The highest BCUT2D eigenvalue weighted by Crippen LogP contribution is 2.29. The summed E-state index contributed by atoms with van der Waals surface area (Å²) in [5, 5.41) is 19.7. The second kappa shape index (κ2) is 8.84. The molecule has 5 atom stereocenters. The van der Waals surface area contributed by atoms with Crippen molar-refractivity contribution in [2.75, 3.05) is 13.7 Å². The Morgan fingerprint density at radius 1 is 1.04 bits per heavy atom. The Labute approximate surface area is 150 Å². The molecule has 0 saturated carbocycles. The molecule has 1 aliphatic rings. The van der Waals surface area contributed by atoms with Crippen LogP contribution in [0.2, 0.25) is 0 Å². The van der Waals surface area contributed by atoms with Gasteiger partial charge in [-0.3, -0.25) is 9.59 Å². The number of methoxy groups -OCH3 is 1. The second-order valence-corrected chi connectivity index (χ2v) is 5.66. The zero-order valence-electron chi connectivity index (χ0n) is 14.7. The first kappa shape index (κ1) is 20.0. The van der Waals surface area contributed by atoms with Crippen LogP contribution in [0.4, 0.5) is 0 Å². The van der Waals surface area contributed by atoms with Crippen LogP contribution in [0.5, 0.6) is 11.5 Å². The summed E-state index contributed by atoms with van der Waals surface area (Å²) in [5.74, 6) is -0.385. The molecule has 0 unspecified atom stereocenters. The van der Waals surface area contributed by atoms with Crippen molar-refractivity contribution in [3.05, 3.63) is 24.3 Å². The molecule has 1 fully saturated rings. The van der Waals surface area contributed by atoms with Crippen LogP contribution in [0.3, 0.4) is 0 Å². The van der Waals surface area contributed by atoms with Gasteiger partial charge < -0.3 is 33.9 Å². The average molecular weight is 370 g/mol. The zero-order chi connectivity index (χ0) is 19.3. The largest absolute Gasteiger partial charge is 0.497 e. The monoisotopic (exact) mass is 370 g/mol. The average Bonchev–Trinajstić information content (AvgIpc) is 2.60. The molecule has 9 heteroatoms. The van der Waals surface area contributed by atoms with Crippen molar-refractivity contribution in [1.82, 2.24) is 0 Å². The number of aliphatic hydroxyl groups excluding tert-OH is 2. The van der Waals surface area contributed by atoms with E-state index in [0.717, 1.165) is 6.92 Å². The summed E-state index contributed by atoms with van der Waals surface area (Å²) in [6.45, 7) is 1.77. The Hall–Kier alpha value is -2.36. The van der Waals surface area contributed by atoms with Crippen molar-refractivity contribution in [3.8, 4) is 11.5 Å². The van der Waals surface area contributed by atoms with Gasteiger partial charge in [-0.2, -0.15) is 0 Å². The van der Waals surface area contributed by atoms with Crippen molar-refractivity contribution >= 4 is 11.9 Å². The predicted molar refractivity (Wildman–Crippen MR) is 86.5 cm³/mol. The Kier molecular flexibility index (Phi) is 6.78. The van der Waals surface area contributed by atoms with E-state index in [1.807, 2.05) is 0 Å². The van der Waals surface area contributed by atoms with Gasteiger partial charge in [-0.15, -0.1) is 0 Å². The molecule has 2 N–H and O–H groups in total. The van der Waals surface area contributed by atoms with Gasteiger partial charge in [0.15, 0.2) is 6.10 Å². The number of carbonyl (C=O) groups is 2. The third kappa shape index (κ3) is 4.84. The lowest BCUT2D eigenvalue weighted by Crippen LogP contribution is -2.62. The highest BCUT2D eigenvalue weighted by atomic mass is 16.7. The maximum Gasteiger partial charge on any atom is 0.303 e. The van der Waals surface area contributed by atoms with Crippen LogP contribution in [0.25, 0.3) is 0 Å². The summed E-state index contributed by atoms with van der Waals surface area (Å²) in [6.07, 6.45) is -6.18. The van der Waals surface area contributed by atoms with Gasteiger partial charge >= 0.3 is 11.9 Å². The normalized spacial score (nSPS) is 28.1. The smallest absolute Gasteiger partial charge is 0.303 e. The van der Waals surface area contributed by atoms with Crippen LogP contribution in [0, 0.1) is 0 Å². The summed E-state index contributed by atoms with van der Waals surface area (Å²) in [4.78, 5) is 22.8. The van der Waals surface area contributed by atoms with Gasteiger partial charge in [-0.05, 0) is 24.3 Å². The molecule has 0 radical (unpaired) electrons. The van der Waals surface area contributed by atoms with E-state index < -0.39 is 49.3 Å². The quantitative estimate of drug-likeness (QED) is 0.667. The molecule has 9 nitrogen and oxygen atoms in total. The molecule has 1 saturated heterocycles. The fraction of sp³-hybridized carbons (Fsp3) is 0.529. The van der Waals surface area contributed by atoms with Gasteiger partial charge in [0.2, 0.25) is 12.4 Å². The molecule has 0 bridgehead atoms. The van der Waals surface area contributed by atoms with E-state index in [4.69, 9.17) is 23.7 Å². The third-order valence-corrected chi connectivity index (χ3v) is 3.71. The molecular formula is C17H22O9. The minimum Gasteiger partial charge on any atom is -0.497 e. The van der Waals surface area contributed by atoms with Gasteiger partial charge in [0.05, 0.1) is 13.7 Å². The van der Waals surface area contributed by atoms with Gasteiger partial charge in [-0.1, -0.05) is 0 Å². The van der Waals surface area contributed by atoms with Gasteiger partial charge in [0.1, 0.15) is 23.7 Å². The molecule has 26 heavy (non-hydrogen) atoms. The number of esters is 2. The number of ether oxygens (including phenoxy) is 5. The van der Waals surface area contributed by atoms with Crippen molar-refractivity contribution in [2.24, 2.45) is 0 Å². The fourth-order valence-electron chi connectivity index (χ4n) is 2.57. The van der Waals surface area contributed by atoms with Crippen LogP contribution >= 0.6 is 0 Å². The lowest BCUT2D eigenvalue weighted by molar-refractivity contribution is -0.285. The number of carbonyl (C=O) groups excluding carboxylic acids is 2. The molecule has 1 heterocycles. The number of benzene rings is 1. The third-order valence-electron chi connectivity index (χ3n) is 3.71. The van der Waals surface area contributed by atoms with E-state index in [1.165, 1.54) is 14.0 Å². The number of aliphatic hydroxyl groups is 2. The molecular weight excluding hydrogens is 348 g/mol. The Balaban J connectivity index is 2.27. The summed E-state index contributed by atoms with van der Waals surface area (Å²) in [6, 6.07) is 6.52. The van der Waals surface area contributed by atoms with Crippen LogP contribution in [0.15, 0.2) is 24.3 Å². The zero-order valence-corrected chi connectivity index (χ0v) is 14.7. The van der Waals surface area contributed by atoms with Crippen LogP contribution in [0.1, 0.15) is 13.8 Å². The van der Waals surface area contributed by atoms with Crippen molar-refractivity contribution in [3.63, 3.8) is 0 Å². The fourth-order valence-corrected chi connectivity index (χ4v) is 2.57. The highest BCUT2D eigenvalue weighted by Gasteiger charge is 2.50. The summed E-state index contributed by atoms with van der Waals surface area (Å²) in [7, 11) is 1.52. The van der Waals surface area contributed by atoms with Crippen LogP contribution in [-0.4, -0.2) is 66.6 Å². The van der Waals surface area contributed by atoms with E-state index in [9.17, 15) is 19.8 Å². The lowest BCUT2D eigenvalue weighted by atomic mass is 9.98. The summed E-state index contributed by atoms with van der Waals surface area (Å²) >= 11 is 0.